The van der Waals surface area contributed by atoms with Gasteiger partial charge in [-0.25, -0.2) is 9.97 Å². The van der Waals surface area contributed by atoms with Crippen LogP contribution in [0.1, 0.15) is 0 Å². The van der Waals surface area contributed by atoms with Crippen LogP contribution < -0.4 is 17.2 Å². The van der Waals surface area contributed by atoms with E-state index in [0.29, 0.717) is 0 Å². The summed E-state index contributed by atoms with van der Waals surface area (Å²) < 4.78 is 0. The molecule has 0 saturated carbocycles. The summed E-state index contributed by atoms with van der Waals surface area (Å²) in [6, 6.07) is 1.78. The molecule has 78 valence electrons. The van der Waals surface area contributed by atoms with Gasteiger partial charge in [0.1, 0.15) is 6.33 Å². The Kier molecular flexibility index (Phi) is 3.71. The van der Waals surface area contributed by atoms with Crippen molar-refractivity contribution in [2.24, 2.45) is 0 Å². The van der Waals surface area contributed by atoms with Gasteiger partial charge < -0.3 is 17.2 Å². The Morgan fingerprint density at radius 2 is 1.13 bits per heavy atom. The van der Waals surface area contributed by atoms with E-state index in [1.165, 1.54) is 6.33 Å². The van der Waals surface area contributed by atoms with E-state index in [4.69, 9.17) is 17.2 Å². The average molecular weight is 206 g/mol. The SMILES string of the molecule is Nc1nc(N)nc(N)n1.c1cncnc1. The topological polar surface area (TPSA) is 143 Å². The molecule has 2 aromatic heterocycles. The molecular formula is C7H10N8. The third kappa shape index (κ3) is 4.31. The van der Waals surface area contributed by atoms with Crippen molar-refractivity contribution in [3.8, 4) is 0 Å². The van der Waals surface area contributed by atoms with Gasteiger partial charge in [0.15, 0.2) is 0 Å². The van der Waals surface area contributed by atoms with Crippen LogP contribution >= 0.6 is 0 Å². The zero-order chi connectivity index (χ0) is 11.1. The van der Waals surface area contributed by atoms with Crippen LogP contribution in [0.4, 0.5) is 17.8 Å². The van der Waals surface area contributed by atoms with Crippen LogP contribution in [0.5, 0.6) is 0 Å². The summed E-state index contributed by atoms with van der Waals surface area (Å²) in [5.74, 6) is 0.125. The molecule has 6 N–H and O–H groups in total. The molecule has 0 aliphatic carbocycles. The van der Waals surface area contributed by atoms with Gasteiger partial charge in [0, 0.05) is 12.4 Å². The molecule has 8 nitrogen and oxygen atoms in total. The Bertz CT molecular complexity index is 326. The van der Waals surface area contributed by atoms with Gasteiger partial charge >= 0.3 is 0 Å². The maximum Gasteiger partial charge on any atom is 0.226 e. The van der Waals surface area contributed by atoms with Gasteiger partial charge in [-0.3, -0.25) is 0 Å². The van der Waals surface area contributed by atoms with E-state index in [-0.39, 0.29) is 17.8 Å². The lowest BCUT2D eigenvalue weighted by atomic mass is 10.7. The maximum atomic E-state index is 5.14. The first-order valence-electron chi connectivity index (χ1n) is 3.91. The van der Waals surface area contributed by atoms with Gasteiger partial charge in [0.05, 0.1) is 0 Å². The Labute approximate surface area is 85.6 Å². The first-order valence-corrected chi connectivity index (χ1v) is 3.91. The monoisotopic (exact) mass is 206 g/mol. The van der Waals surface area contributed by atoms with Crippen LogP contribution in [0, 0.1) is 0 Å². The summed E-state index contributed by atoms with van der Waals surface area (Å²) in [5.41, 5.74) is 15.4. The van der Waals surface area contributed by atoms with Crippen molar-refractivity contribution in [1.82, 2.24) is 24.9 Å². The zero-order valence-corrected chi connectivity index (χ0v) is 7.78. The van der Waals surface area contributed by atoms with Crippen LogP contribution in [0.3, 0.4) is 0 Å². The van der Waals surface area contributed by atoms with E-state index in [0.717, 1.165) is 0 Å². The number of nitrogens with two attached hydrogens (primary N) is 3. The molecule has 0 aromatic carbocycles. The van der Waals surface area contributed by atoms with E-state index < -0.39 is 0 Å². The molecule has 0 spiro atoms. The second-order valence-electron chi connectivity index (χ2n) is 2.31. The van der Waals surface area contributed by atoms with Crippen molar-refractivity contribution in [3.05, 3.63) is 24.8 Å². The molecule has 0 saturated heterocycles. The third-order valence-electron chi connectivity index (χ3n) is 1.16. The first-order chi connectivity index (χ1) is 7.18. The Balaban J connectivity index is 0.000000162. The first kappa shape index (κ1) is 10.6. The minimum absolute atomic E-state index is 0.0417. The fraction of sp³-hybridized carbons (Fsp3) is 0. The Hall–Kier alpha value is -2.51. The molecule has 2 aromatic rings. The van der Waals surface area contributed by atoms with Crippen molar-refractivity contribution >= 4 is 17.8 Å². The predicted octanol–water partition coefficient (Wildman–Crippen LogP) is -0.905. The minimum Gasteiger partial charge on any atom is -0.368 e. The quantitative estimate of drug-likeness (QED) is 0.503. The standard InChI is InChI=1S/C4H4N2.C3H6N6/c1-2-5-4-6-3-1;4-1-7-2(5)9-3(6)8-1/h1-4H;(H6,4,5,6,7,8,9). The van der Waals surface area contributed by atoms with Gasteiger partial charge in [0.2, 0.25) is 17.8 Å². The predicted molar refractivity (Wildman–Crippen MR) is 55.1 cm³/mol. The molecular weight excluding hydrogens is 196 g/mol. The van der Waals surface area contributed by atoms with E-state index in [1.54, 1.807) is 18.5 Å². The molecule has 0 fully saturated rings. The van der Waals surface area contributed by atoms with E-state index in [2.05, 4.69) is 24.9 Å². The highest BCUT2D eigenvalue weighted by Crippen LogP contribution is 1.97. The zero-order valence-electron chi connectivity index (χ0n) is 7.78. The lowest BCUT2D eigenvalue weighted by molar-refractivity contribution is 1.09. The molecule has 8 heteroatoms. The number of aromatic nitrogens is 5. The van der Waals surface area contributed by atoms with Gasteiger partial charge in [-0.05, 0) is 6.07 Å². The third-order valence-corrected chi connectivity index (χ3v) is 1.16. The normalized spacial score (nSPS) is 8.80. The summed E-state index contributed by atoms with van der Waals surface area (Å²) in [4.78, 5) is 17.8. The lowest BCUT2D eigenvalue weighted by Crippen LogP contribution is -2.05. The van der Waals surface area contributed by atoms with Crippen molar-refractivity contribution in [1.29, 1.82) is 0 Å². The van der Waals surface area contributed by atoms with Crippen LogP contribution in [0.2, 0.25) is 0 Å². The number of anilines is 3. The maximum absolute atomic E-state index is 5.14. The molecule has 2 rings (SSSR count). The minimum atomic E-state index is 0.0417. The van der Waals surface area contributed by atoms with Gasteiger partial charge in [-0.15, -0.1) is 0 Å². The number of nitrogen functional groups attached to an aromatic ring is 3. The van der Waals surface area contributed by atoms with Crippen molar-refractivity contribution in [2.45, 2.75) is 0 Å². The van der Waals surface area contributed by atoms with Crippen LogP contribution in [0.15, 0.2) is 24.8 Å². The largest absolute Gasteiger partial charge is 0.368 e. The number of rotatable bonds is 0. The average Bonchev–Trinajstić information content (AvgIpc) is 2.19. The van der Waals surface area contributed by atoms with Gasteiger partial charge in [-0.1, -0.05) is 0 Å². The summed E-state index contributed by atoms with van der Waals surface area (Å²) in [6.07, 6.45) is 4.88. The molecule has 15 heavy (non-hydrogen) atoms. The number of nitrogens with zero attached hydrogens (tertiary/aromatic N) is 5. The van der Waals surface area contributed by atoms with Crippen molar-refractivity contribution < 1.29 is 0 Å². The van der Waals surface area contributed by atoms with Gasteiger partial charge in [-0.2, -0.15) is 15.0 Å². The summed E-state index contributed by atoms with van der Waals surface area (Å²) in [7, 11) is 0. The molecule has 0 bridgehead atoms. The van der Waals surface area contributed by atoms with Crippen LogP contribution in [0.25, 0.3) is 0 Å². The van der Waals surface area contributed by atoms with E-state index in [9.17, 15) is 0 Å². The molecule has 0 radical (unpaired) electrons. The van der Waals surface area contributed by atoms with Crippen molar-refractivity contribution in [3.63, 3.8) is 0 Å². The van der Waals surface area contributed by atoms with Crippen LogP contribution in [-0.2, 0) is 0 Å². The smallest absolute Gasteiger partial charge is 0.226 e. The molecule has 0 atom stereocenters. The highest BCUT2D eigenvalue weighted by Gasteiger charge is 1.93. The van der Waals surface area contributed by atoms with Crippen molar-refractivity contribution in [2.75, 3.05) is 17.2 Å². The van der Waals surface area contributed by atoms with Gasteiger partial charge in [0.25, 0.3) is 0 Å². The van der Waals surface area contributed by atoms with E-state index in [1.807, 2.05) is 0 Å². The highest BCUT2D eigenvalue weighted by molar-refractivity contribution is 5.33. The Morgan fingerprint density at radius 3 is 1.33 bits per heavy atom. The molecule has 0 amide bonds. The summed E-state index contributed by atoms with van der Waals surface area (Å²) in [6.45, 7) is 0. The lowest BCUT2D eigenvalue weighted by Gasteiger charge is -1.93. The fourth-order valence-electron chi connectivity index (χ4n) is 0.680. The highest BCUT2D eigenvalue weighted by atomic mass is 15.2. The second kappa shape index (κ2) is 5.27. The number of hydrogen-bond donors (Lipinski definition) is 3. The summed E-state index contributed by atoms with van der Waals surface area (Å²) >= 11 is 0. The second-order valence-corrected chi connectivity index (χ2v) is 2.31. The molecule has 2 heterocycles. The molecule has 0 unspecified atom stereocenters. The van der Waals surface area contributed by atoms with E-state index >= 15 is 0 Å². The van der Waals surface area contributed by atoms with Crippen LogP contribution in [-0.4, -0.2) is 24.9 Å². The Morgan fingerprint density at radius 1 is 0.733 bits per heavy atom. The molecule has 0 aliphatic heterocycles. The summed E-state index contributed by atoms with van der Waals surface area (Å²) in [5, 5.41) is 0. The fourth-order valence-corrected chi connectivity index (χ4v) is 0.680. The number of hydrogen-bond acceptors (Lipinski definition) is 8. The molecule has 0 aliphatic rings.